The van der Waals surface area contributed by atoms with Gasteiger partial charge in [-0.2, -0.15) is 5.10 Å². The molecule has 0 unspecified atom stereocenters. The van der Waals surface area contributed by atoms with Crippen LogP contribution in [0, 0.1) is 6.92 Å². The first-order chi connectivity index (χ1) is 16.3. The van der Waals surface area contributed by atoms with E-state index in [0.29, 0.717) is 35.5 Å². The van der Waals surface area contributed by atoms with E-state index in [1.165, 1.54) is 6.20 Å². The molecule has 2 aromatic rings. The Labute approximate surface area is 197 Å². The number of carbonyl (C=O) groups is 4. The Balaban J connectivity index is 1.38. The Bertz CT molecular complexity index is 1120. The first kappa shape index (κ1) is 23.5. The highest BCUT2D eigenvalue weighted by Gasteiger charge is 2.51. The van der Waals surface area contributed by atoms with Crippen molar-refractivity contribution in [3.05, 3.63) is 41.7 Å². The lowest BCUT2D eigenvalue weighted by molar-refractivity contribution is -0.132. The minimum atomic E-state index is -0.788. The van der Waals surface area contributed by atoms with Gasteiger partial charge in [0, 0.05) is 18.7 Å². The number of urea groups is 1. The number of aromatic nitrogens is 2. The smallest absolute Gasteiger partial charge is 0.341 e. The van der Waals surface area contributed by atoms with Crippen molar-refractivity contribution < 1.29 is 23.9 Å². The van der Waals surface area contributed by atoms with Crippen molar-refractivity contribution in [3.8, 4) is 5.69 Å². The zero-order chi connectivity index (χ0) is 24.3. The molecule has 180 valence electrons. The van der Waals surface area contributed by atoms with Crippen LogP contribution in [-0.2, 0) is 14.3 Å². The van der Waals surface area contributed by atoms with Crippen LogP contribution in [0.25, 0.3) is 5.69 Å². The number of amides is 4. The highest BCUT2D eigenvalue weighted by Crippen LogP contribution is 2.33. The van der Waals surface area contributed by atoms with Gasteiger partial charge in [0.15, 0.2) is 0 Å². The maximum absolute atomic E-state index is 12.9. The van der Waals surface area contributed by atoms with Gasteiger partial charge in [-0.05, 0) is 44.9 Å². The molecule has 1 aliphatic heterocycles. The topological polar surface area (TPSA) is 123 Å². The summed E-state index contributed by atoms with van der Waals surface area (Å²) >= 11 is 0. The molecular formula is C24H29N5O5. The Hall–Kier alpha value is -3.69. The highest BCUT2D eigenvalue weighted by molar-refractivity contribution is 6.07. The Morgan fingerprint density at radius 1 is 1.21 bits per heavy atom. The average Bonchev–Trinajstić information content (AvgIpc) is 3.30. The van der Waals surface area contributed by atoms with Crippen molar-refractivity contribution in [3.63, 3.8) is 0 Å². The molecule has 2 N–H and O–H groups in total. The van der Waals surface area contributed by atoms with Gasteiger partial charge in [-0.3, -0.25) is 14.5 Å². The molecule has 0 atom stereocenters. The summed E-state index contributed by atoms with van der Waals surface area (Å²) in [4.78, 5) is 51.0. The summed E-state index contributed by atoms with van der Waals surface area (Å²) < 4.78 is 6.65. The summed E-state index contributed by atoms with van der Waals surface area (Å²) in [5.74, 6) is -0.975. The molecule has 1 aliphatic carbocycles. The van der Waals surface area contributed by atoms with Crippen LogP contribution in [0.15, 0.2) is 30.5 Å². The number of ether oxygens (including phenoxy) is 1. The molecule has 0 bridgehead atoms. The van der Waals surface area contributed by atoms with Crippen molar-refractivity contribution in [1.29, 1.82) is 0 Å². The van der Waals surface area contributed by atoms with Gasteiger partial charge >= 0.3 is 12.0 Å². The van der Waals surface area contributed by atoms with Gasteiger partial charge in [0.1, 0.15) is 11.1 Å². The van der Waals surface area contributed by atoms with E-state index in [1.807, 2.05) is 0 Å². The number of nitrogens with one attached hydrogen (secondary N) is 2. The number of benzene rings is 1. The van der Waals surface area contributed by atoms with Gasteiger partial charge in [-0.25, -0.2) is 14.3 Å². The van der Waals surface area contributed by atoms with E-state index in [1.54, 1.807) is 42.8 Å². The third kappa shape index (κ3) is 4.52. The number of imide groups is 1. The standard InChI is InChI=1S/C24H29N5O5/c1-3-34-21(31)19-15-25-29(16(19)2)18-9-7-8-17(14-18)26-20(30)10-13-28-22(32)24(27-23(28)33)11-5-4-6-12-24/h7-9,14-15H,3-6,10-13H2,1-2H3,(H,26,30)(H,27,33). The van der Waals surface area contributed by atoms with E-state index >= 15 is 0 Å². The monoisotopic (exact) mass is 467 g/mol. The minimum Gasteiger partial charge on any atom is -0.462 e. The number of esters is 1. The van der Waals surface area contributed by atoms with Gasteiger partial charge in [-0.15, -0.1) is 0 Å². The molecule has 1 saturated carbocycles. The molecule has 1 saturated heterocycles. The van der Waals surface area contributed by atoms with Crippen LogP contribution in [0.3, 0.4) is 0 Å². The summed E-state index contributed by atoms with van der Waals surface area (Å²) in [6.07, 6.45) is 5.63. The van der Waals surface area contributed by atoms with Crippen molar-refractivity contribution in [1.82, 2.24) is 20.0 Å². The Kier molecular flexibility index (Phi) is 6.67. The molecule has 2 fully saturated rings. The van der Waals surface area contributed by atoms with Crippen LogP contribution in [0.4, 0.5) is 10.5 Å². The molecule has 1 aromatic carbocycles. The summed E-state index contributed by atoms with van der Waals surface area (Å²) in [5.41, 5.74) is 1.41. The number of nitrogens with zero attached hydrogens (tertiary/aromatic N) is 3. The lowest BCUT2D eigenvalue weighted by Gasteiger charge is -2.30. The predicted molar refractivity (Wildman–Crippen MR) is 124 cm³/mol. The van der Waals surface area contributed by atoms with Crippen molar-refractivity contribution in [2.75, 3.05) is 18.5 Å². The second-order valence-corrected chi connectivity index (χ2v) is 8.65. The van der Waals surface area contributed by atoms with Gasteiger partial charge in [0.25, 0.3) is 5.91 Å². The fourth-order valence-electron chi connectivity index (χ4n) is 4.60. The summed E-state index contributed by atoms with van der Waals surface area (Å²) in [7, 11) is 0. The van der Waals surface area contributed by atoms with Crippen molar-refractivity contribution in [2.45, 2.75) is 57.9 Å². The Morgan fingerprint density at radius 2 is 1.97 bits per heavy atom. The molecule has 1 spiro atoms. The normalized spacial score (nSPS) is 17.1. The predicted octanol–water partition coefficient (Wildman–Crippen LogP) is 2.94. The summed E-state index contributed by atoms with van der Waals surface area (Å²) in [6.45, 7) is 3.81. The second-order valence-electron chi connectivity index (χ2n) is 8.65. The summed E-state index contributed by atoms with van der Waals surface area (Å²) in [6, 6.07) is 6.62. The molecule has 4 rings (SSSR count). The fourth-order valence-corrected chi connectivity index (χ4v) is 4.60. The third-order valence-electron chi connectivity index (χ3n) is 6.40. The largest absolute Gasteiger partial charge is 0.462 e. The van der Waals surface area contributed by atoms with Gasteiger partial charge < -0.3 is 15.4 Å². The molecule has 10 heteroatoms. The van der Waals surface area contributed by atoms with Crippen LogP contribution in [-0.4, -0.2) is 57.2 Å². The SMILES string of the molecule is CCOC(=O)c1cnn(-c2cccc(NC(=O)CCN3C(=O)NC4(CCCCC4)C3=O)c2)c1C. The highest BCUT2D eigenvalue weighted by atomic mass is 16.5. The number of hydrogen-bond donors (Lipinski definition) is 2. The van der Waals surface area contributed by atoms with E-state index in [9.17, 15) is 19.2 Å². The molecule has 2 aliphatic rings. The number of hydrogen-bond acceptors (Lipinski definition) is 6. The van der Waals surface area contributed by atoms with Crippen LogP contribution >= 0.6 is 0 Å². The number of anilines is 1. The molecule has 0 radical (unpaired) electrons. The quantitative estimate of drug-likeness (QED) is 0.477. The van der Waals surface area contributed by atoms with Crippen molar-refractivity contribution >= 4 is 29.5 Å². The molecular weight excluding hydrogens is 438 g/mol. The van der Waals surface area contributed by atoms with E-state index < -0.39 is 17.5 Å². The van der Waals surface area contributed by atoms with Gasteiger partial charge in [0.05, 0.1) is 24.2 Å². The minimum absolute atomic E-state index is 0.00667. The van der Waals surface area contributed by atoms with Crippen LogP contribution in [0.5, 0.6) is 0 Å². The van der Waals surface area contributed by atoms with E-state index in [2.05, 4.69) is 15.7 Å². The number of carbonyl (C=O) groups excluding carboxylic acids is 4. The average molecular weight is 468 g/mol. The zero-order valence-corrected chi connectivity index (χ0v) is 19.4. The molecule has 2 heterocycles. The molecule has 4 amide bonds. The van der Waals surface area contributed by atoms with E-state index in [0.717, 1.165) is 24.2 Å². The van der Waals surface area contributed by atoms with E-state index in [4.69, 9.17) is 4.74 Å². The van der Waals surface area contributed by atoms with Gasteiger partial charge in [0.2, 0.25) is 5.91 Å². The zero-order valence-electron chi connectivity index (χ0n) is 19.4. The fraction of sp³-hybridized carbons (Fsp3) is 0.458. The van der Waals surface area contributed by atoms with Crippen molar-refractivity contribution in [2.24, 2.45) is 0 Å². The summed E-state index contributed by atoms with van der Waals surface area (Å²) in [5, 5.41) is 9.93. The first-order valence-corrected chi connectivity index (χ1v) is 11.6. The maximum atomic E-state index is 12.9. The Morgan fingerprint density at radius 3 is 2.71 bits per heavy atom. The molecule has 34 heavy (non-hydrogen) atoms. The maximum Gasteiger partial charge on any atom is 0.341 e. The second kappa shape index (κ2) is 9.66. The van der Waals surface area contributed by atoms with Gasteiger partial charge in [-0.1, -0.05) is 25.3 Å². The van der Waals surface area contributed by atoms with Crippen LogP contribution in [0.1, 0.15) is 61.5 Å². The lowest BCUT2D eigenvalue weighted by Crippen LogP contribution is -2.48. The lowest BCUT2D eigenvalue weighted by atomic mass is 9.82. The third-order valence-corrected chi connectivity index (χ3v) is 6.40. The molecule has 10 nitrogen and oxygen atoms in total. The first-order valence-electron chi connectivity index (χ1n) is 11.6. The van der Waals surface area contributed by atoms with E-state index in [-0.39, 0.29) is 31.4 Å². The van der Waals surface area contributed by atoms with Crippen LogP contribution < -0.4 is 10.6 Å². The van der Waals surface area contributed by atoms with Crippen LogP contribution in [0.2, 0.25) is 0 Å². The molecule has 1 aromatic heterocycles. The number of rotatable bonds is 7.